The first-order chi connectivity index (χ1) is 13.7. The van der Waals surface area contributed by atoms with Gasteiger partial charge in [-0.25, -0.2) is 14.2 Å². The molecular formula is C20H25FN4O4. The van der Waals surface area contributed by atoms with Gasteiger partial charge in [-0.1, -0.05) is 0 Å². The highest BCUT2D eigenvalue weighted by Crippen LogP contribution is 2.34. The highest BCUT2D eigenvalue weighted by Gasteiger charge is 2.43. The molecule has 0 unspecified atom stereocenters. The summed E-state index contributed by atoms with van der Waals surface area (Å²) in [7, 11) is 0. The van der Waals surface area contributed by atoms with E-state index < -0.39 is 35.7 Å². The highest BCUT2D eigenvalue weighted by molar-refractivity contribution is 5.80. The fourth-order valence-corrected chi connectivity index (χ4v) is 3.53. The van der Waals surface area contributed by atoms with Crippen LogP contribution < -0.4 is 0 Å². The molecule has 0 spiro atoms. The van der Waals surface area contributed by atoms with Gasteiger partial charge in [0.05, 0.1) is 30.7 Å². The highest BCUT2D eigenvalue weighted by atomic mass is 19.1. The number of carbonyl (C=O) groups is 2. The minimum atomic E-state index is -1.52. The second-order valence-electron chi connectivity index (χ2n) is 8.26. The van der Waals surface area contributed by atoms with Gasteiger partial charge in [0.2, 0.25) is 0 Å². The van der Waals surface area contributed by atoms with Crippen LogP contribution in [-0.4, -0.2) is 58.4 Å². The molecule has 156 valence electrons. The maximum atomic E-state index is 14.8. The number of halogens is 1. The van der Waals surface area contributed by atoms with Crippen molar-refractivity contribution in [3.8, 4) is 6.07 Å². The topological polar surface area (TPSA) is 95.8 Å². The number of hydrogen-bond donors (Lipinski definition) is 0. The number of nitriles is 1. The van der Waals surface area contributed by atoms with Crippen molar-refractivity contribution < 1.29 is 23.6 Å². The van der Waals surface area contributed by atoms with Crippen molar-refractivity contribution in [3.05, 3.63) is 29.6 Å². The Balaban J connectivity index is 1.67. The lowest BCUT2D eigenvalue weighted by molar-refractivity contribution is -0.185. The van der Waals surface area contributed by atoms with Crippen LogP contribution in [0.15, 0.2) is 18.5 Å². The van der Waals surface area contributed by atoms with Crippen molar-refractivity contribution in [2.45, 2.75) is 51.4 Å². The predicted octanol–water partition coefficient (Wildman–Crippen LogP) is 2.75. The third kappa shape index (κ3) is 4.82. The summed E-state index contributed by atoms with van der Waals surface area (Å²) in [6.07, 6.45) is 1.64. The summed E-state index contributed by atoms with van der Waals surface area (Å²) < 4.78 is 20.1. The van der Waals surface area contributed by atoms with Crippen LogP contribution in [0.5, 0.6) is 0 Å². The normalized spacial score (nSPS) is 24.9. The molecule has 1 aromatic rings. The van der Waals surface area contributed by atoms with E-state index in [2.05, 4.69) is 4.98 Å². The number of amides is 2. The van der Waals surface area contributed by atoms with Crippen LogP contribution in [-0.2, 0) is 14.4 Å². The lowest BCUT2D eigenvalue weighted by Gasteiger charge is -2.36. The number of piperidine rings is 1. The van der Waals surface area contributed by atoms with Crippen LogP contribution >= 0.6 is 0 Å². The molecule has 0 saturated carbocycles. The van der Waals surface area contributed by atoms with E-state index in [1.54, 1.807) is 33.0 Å². The zero-order valence-electron chi connectivity index (χ0n) is 16.8. The number of aromatic nitrogens is 1. The zero-order chi connectivity index (χ0) is 21.2. The smallest absolute Gasteiger partial charge is 0.410 e. The first-order valence-electron chi connectivity index (χ1n) is 9.62. The number of hydroxylamine groups is 2. The Morgan fingerprint density at radius 2 is 2.10 bits per heavy atom. The minimum absolute atomic E-state index is 0.183. The van der Waals surface area contributed by atoms with Gasteiger partial charge in [-0.05, 0) is 38.8 Å². The van der Waals surface area contributed by atoms with E-state index >= 15 is 0 Å². The zero-order valence-corrected chi connectivity index (χ0v) is 16.8. The molecule has 2 amide bonds. The SMILES string of the molecule is CC(C)(C)OC(=O)N1CC[C@@H](C(=O)N2OCC[C@H]2c2cncc(C#N)c2)[C@H](F)C1. The van der Waals surface area contributed by atoms with Crippen molar-refractivity contribution in [2.75, 3.05) is 19.7 Å². The van der Waals surface area contributed by atoms with E-state index in [4.69, 9.17) is 14.8 Å². The molecule has 3 heterocycles. The molecule has 0 radical (unpaired) electrons. The first kappa shape index (κ1) is 21.0. The van der Waals surface area contributed by atoms with Gasteiger partial charge < -0.3 is 9.64 Å². The van der Waals surface area contributed by atoms with Crippen LogP contribution in [0.2, 0.25) is 0 Å². The average molecular weight is 404 g/mol. The summed E-state index contributed by atoms with van der Waals surface area (Å²) in [6.45, 7) is 5.59. The standard InChI is InChI=1S/C20H25FN4O4/c1-20(2,3)29-19(27)24-6-4-15(16(21)12-24)18(26)25-17(5-7-28-25)14-8-13(9-22)10-23-11-14/h8,10-11,15-17H,4-7,12H2,1-3H3/t15-,16-,17+/m1/s1. The lowest BCUT2D eigenvalue weighted by atomic mass is 9.93. The molecule has 29 heavy (non-hydrogen) atoms. The Morgan fingerprint density at radius 3 is 2.76 bits per heavy atom. The van der Waals surface area contributed by atoms with E-state index in [0.717, 1.165) is 0 Å². The molecule has 2 fully saturated rings. The number of hydrogen-bond acceptors (Lipinski definition) is 6. The number of alkyl halides is 1. The van der Waals surface area contributed by atoms with Crippen molar-refractivity contribution in [3.63, 3.8) is 0 Å². The van der Waals surface area contributed by atoms with Crippen LogP contribution in [0, 0.1) is 17.2 Å². The third-order valence-corrected chi connectivity index (χ3v) is 4.91. The fourth-order valence-electron chi connectivity index (χ4n) is 3.53. The van der Waals surface area contributed by atoms with Crippen LogP contribution in [0.4, 0.5) is 9.18 Å². The first-order valence-corrected chi connectivity index (χ1v) is 9.62. The van der Waals surface area contributed by atoms with E-state index in [1.165, 1.54) is 16.2 Å². The van der Waals surface area contributed by atoms with Crippen molar-refractivity contribution in [1.82, 2.24) is 14.9 Å². The Labute approximate surface area is 169 Å². The van der Waals surface area contributed by atoms with Gasteiger partial charge in [0.15, 0.2) is 0 Å². The molecule has 1 aromatic heterocycles. The van der Waals surface area contributed by atoms with Crippen LogP contribution in [0.25, 0.3) is 0 Å². The molecule has 0 aromatic carbocycles. The summed E-state index contributed by atoms with van der Waals surface area (Å²) in [5.74, 6) is -1.35. The van der Waals surface area contributed by atoms with Crippen molar-refractivity contribution in [2.24, 2.45) is 5.92 Å². The minimum Gasteiger partial charge on any atom is -0.444 e. The molecule has 3 atom stereocenters. The number of likely N-dealkylation sites (tertiary alicyclic amines) is 1. The largest absolute Gasteiger partial charge is 0.444 e. The van der Waals surface area contributed by atoms with E-state index in [-0.39, 0.29) is 19.5 Å². The fraction of sp³-hybridized carbons (Fsp3) is 0.600. The third-order valence-electron chi connectivity index (χ3n) is 4.91. The van der Waals surface area contributed by atoms with E-state index in [0.29, 0.717) is 24.2 Å². The lowest BCUT2D eigenvalue weighted by Crippen LogP contribution is -2.51. The summed E-state index contributed by atoms with van der Waals surface area (Å²) in [5, 5.41) is 10.3. The Bertz CT molecular complexity index is 819. The van der Waals surface area contributed by atoms with Crippen molar-refractivity contribution in [1.29, 1.82) is 5.26 Å². The Kier molecular flexibility index (Phi) is 6.03. The number of nitrogens with zero attached hydrogens (tertiary/aromatic N) is 4. The molecule has 0 N–H and O–H groups in total. The van der Waals surface area contributed by atoms with Crippen LogP contribution in [0.3, 0.4) is 0 Å². The molecule has 0 bridgehead atoms. The van der Waals surface area contributed by atoms with Gasteiger partial charge in [-0.15, -0.1) is 0 Å². The summed E-state index contributed by atoms with van der Waals surface area (Å²) in [6, 6.07) is 3.26. The van der Waals surface area contributed by atoms with E-state index in [9.17, 15) is 14.0 Å². The molecule has 2 aliphatic rings. The van der Waals surface area contributed by atoms with Gasteiger partial charge in [-0.2, -0.15) is 5.26 Å². The summed E-state index contributed by atoms with van der Waals surface area (Å²) >= 11 is 0. The number of pyridine rings is 1. The molecule has 9 heteroatoms. The van der Waals surface area contributed by atoms with E-state index in [1.807, 2.05) is 6.07 Å². The van der Waals surface area contributed by atoms with Crippen LogP contribution in [0.1, 0.15) is 50.8 Å². The maximum absolute atomic E-state index is 14.8. The average Bonchev–Trinajstić information content (AvgIpc) is 3.16. The molecular weight excluding hydrogens is 379 g/mol. The Morgan fingerprint density at radius 1 is 1.34 bits per heavy atom. The molecule has 8 nitrogen and oxygen atoms in total. The second-order valence-corrected chi connectivity index (χ2v) is 8.26. The van der Waals surface area contributed by atoms with Gasteiger partial charge in [0.1, 0.15) is 17.8 Å². The number of carbonyl (C=O) groups excluding carboxylic acids is 2. The molecule has 3 rings (SSSR count). The summed E-state index contributed by atoms with van der Waals surface area (Å²) in [5.41, 5.74) is 0.394. The van der Waals surface area contributed by atoms with Gasteiger partial charge in [-0.3, -0.25) is 14.6 Å². The Hall–Kier alpha value is -2.73. The number of ether oxygens (including phenoxy) is 1. The maximum Gasteiger partial charge on any atom is 0.410 e. The molecule has 2 aliphatic heterocycles. The molecule has 2 saturated heterocycles. The second kappa shape index (κ2) is 8.33. The quantitative estimate of drug-likeness (QED) is 0.752. The van der Waals surface area contributed by atoms with Gasteiger partial charge in [0.25, 0.3) is 5.91 Å². The van der Waals surface area contributed by atoms with Crippen molar-refractivity contribution >= 4 is 12.0 Å². The van der Waals surface area contributed by atoms with Gasteiger partial charge >= 0.3 is 6.09 Å². The van der Waals surface area contributed by atoms with Gasteiger partial charge in [0, 0.05) is 25.4 Å². The number of rotatable bonds is 2. The molecule has 0 aliphatic carbocycles. The predicted molar refractivity (Wildman–Crippen MR) is 99.9 cm³/mol. The summed E-state index contributed by atoms with van der Waals surface area (Å²) in [4.78, 5) is 36.0. The monoisotopic (exact) mass is 404 g/mol.